The van der Waals surface area contributed by atoms with E-state index < -0.39 is 0 Å². The summed E-state index contributed by atoms with van der Waals surface area (Å²) < 4.78 is 11.3. The van der Waals surface area contributed by atoms with Crippen molar-refractivity contribution in [2.75, 3.05) is 25.2 Å². The first-order chi connectivity index (χ1) is 10.2. The van der Waals surface area contributed by atoms with Gasteiger partial charge in [0.25, 0.3) is 0 Å². The van der Waals surface area contributed by atoms with Crippen LogP contribution in [0.5, 0.6) is 11.5 Å². The van der Waals surface area contributed by atoms with E-state index >= 15 is 0 Å². The Hall–Kier alpha value is -1.36. The van der Waals surface area contributed by atoms with Gasteiger partial charge in [0, 0.05) is 0 Å². The van der Waals surface area contributed by atoms with E-state index in [9.17, 15) is 4.79 Å². The zero-order chi connectivity index (χ0) is 14.7. The Balaban J connectivity index is 1.88. The minimum absolute atomic E-state index is 0.110. The highest BCUT2D eigenvalue weighted by Gasteiger charge is 2.37. The zero-order valence-corrected chi connectivity index (χ0v) is 13.1. The molecule has 0 saturated heterocycles. The fourth-order valence-electron chi connectivity index (χ4n) is 3.24. The second kappa shape index (κ2) is 6.18. The Bertz CT molecular complexity index is 526. The molecule has 0 radical (unpaired) electrons. The summed E-state index contributed by atoms with van der Waals surface area (Å²) in [6, 6.07) is 6.07. The first kappa shape index (κ1) is 14.6. The van der Waals surface area contributed by atoms with Crippen molar-refractivity contribution in [3.8, 4) is 11.5 Å². The maximum Gasteiger partial charge on any atom is 0.230 e. The van der Waals surface area contributed by atoms with Crippen LogP contribution in [-0.4, -0.2) is 31.1 Å². The lowest BCUT2D eigenvalue weighted by molar-refractivity contribution is -0.120. The van der Waals surface area contributed by atoms with Crippen LogP contribution < -0.4 is 14.8 Å². The molecule has 4 nitrogen and oxygen atoms in total. The van der Waals surface area contributed by atoms with Gasteiger partial charge in [-0.25, -0.2) is 0 Å². The van der Waals surface area contributed by atoms with Crippen LogP contribution >= 0.6 is 11.8 Å². The van der Waals surface area contributed by atoms with Crippen LogP contribution in [0, 0.1) is 0 Å². The summed E-state index contributed by atoms with van der Waals surface area (Å²) in [5, 5.41) is 3.26. The van der Waals surface area contributed by atoms with E-state index in [2.05, 4.69) is 11.4 Å². The van der Waals surface area contributed by atoms with Gasteiger partial charge in [0.2, 0.25) is 5.91 Å². The third-order valence-corrected chi connectivity index (χ3v) is 4.76. The maximum absolute atomic E-state index is 12.1. The van der Waals surface area contributed by atoms with Gasteiger partial charge in [0.15, 0.2) is 11.5 Å². The predicted molar refractivity (Wildman–Crippen MR) is 84.1 cm³/mol. The van der Waals surface area contributed by atoms with Crippen molar-refractivity contribution >= 4 is 17.7 Å². The second-order valence-electron chi connectivity index (χ2n) is 5.63. The SMILES string of the molecule is CSCC(=O)NC1(c2ccc3c(c2)OCCO3)CCCC1. The molecule has 1 heterocycles. The molecule has 1 N–H and O–H groups in total. The minimum atomic E-state index is -0.233. The number of carbonyl (C=O) groups is 1. The van der Waals surface area contributed by atoms with Crippen molar-refractivity contribution in [3.05, 3.63) is 23.8 Å². The quantitative estimate of drug-likeness (QED) is 0.929. The third kappa shape index (κ3) is 2.98. The maximum atomic E-state index is 12.1. The monoisotopic (exact) mass is 307 g/mol. The molecular formula is C16H21NO3S. The third-order valence-electron chi connectivity index (χ3n) is 4.21. The summed E-state index contributed by atoms with van der Waals surface area (Å²) in [6.45, 7) is 1.18. The first-order valence-electron chi connectivity index (χ1n) is 7.44. The highest BCUT2D eigenvalue weighted by molar-refractivity contribution is 7.99. The average Bonchev–Trinajstić information content (AvgIpc) is 2.96. The summed E-state index contributed by atoms with van der Waals surface area (Å²) >= 11 is 1.55. The summed E-state index contributed by atoms with van der Waals surface area (Å²) in [6.07, 6.45) is 6.23. The zero-order valence-electron chi connectivity index (χ0n) is 12.3. The summed E-state index contributed by atoms with van der Waals surface area (Å²) in [7, 11) is 0. The van der Waals surface area contributed by atoms with Gasteiger partial charge in [-0.2, -0.15) is 11.8 Å². The van der Waals surface area contributed by atoms with Crippen molar-refractivity contribution < 1.29 is 14.3 Å². The molecule has 1 amide bonds. The molecule has 2 aliphatic rings. The Morgan fingerprint density at radius 1 is 1.24 bits per heavy atom. The molecule has 1 aliphatic carbocycles. The molecule has 1 saturated carbocycles. The normalized spacial score (nSPS) is 19.3. The van der Waals surface area contributed by atoms with Gasteiger partial charge >= 0.3 is 0 Å². The molecular weight excluding hydrogens is 286 g/mol. The predicted octanol–water partition coefficient (Wildman–Crippen LogP) is 2.71. The molecule has 5 heteroatoms. The molecule has 1 aliphatic heterocycles. The van der Waals surface area contributed by atoms with E-state index in [0.29, 0.717) is 19.0 Å². The fraction of sp³-hybridized carbons (Fsp3) is 0.562. The van der Waals surface area contributed by atoms with Crippen LogP contribution in [0.4, 0.5) is 0 Å². The van der Waals surface area contributed by atoms with Gasteiger partial charge in [-0.3, -0.25) is 4.79 Å². The first-order valence-corrected chi connectivity index (χ1v) is 8.83. The fourth-order valence-corrected chi connectivity index (χ4v) is 3.57. The summed E-state index contributed by atoms with van der Waals surface area (Å²) in [5.41, 5.74) is 0.904. The van der Waals surface area contributed by atoms with Gasteiger partial charge in [0.05, 0.1) is 11.3 Å². The van der Waals surface area contributed by atoms with Gasteiger partial charge in [-0.1, -0.05) is 18.9 Å². The smallest absolute Gasteiger partial charge is 0.230 e. The number of fused-ring (bicyclic) bond motifs is 1. The van der Waals surface area contributed by atoms with E-state index in [4.69, 9.17) is 9.47 Å². The highest BCUT2D eigenvalue weighted by Crippen LogP contribution is 2.42. The number of ether oxygens (including phenoxy) is 2. The number of rotatable bonds is 4. The largest absolute Gasteiger partial charge is 0.486 e. The molecule has 0 bridgehead atoms. The van der Waals surface area contributed by atoms with E-state index in [1.165, 1.54) is 0 Å². The van der Waals surface area contributed by atoms with Crippen molar-refractivity contribution in [1.29, 1.82) is 0 Å². The Kier molecular flexibility index (Phi) is 4.29. The lowest BCUT2D eigenvalue weighted by Crippen LogP contribution is -2.44. The molecule has 0 unspecified atom stereocenters. The van der Waals surface area contributed by atoms with Gasteiger partial charge in [-0.15, -0.1) is 0 Å². The molecule has 0 atom stereocenters. The molecule has 1 fully saturated rings. The van der Waals surface area contributed by atoms with Crippen molar-refractivity contribution in [1.82, 2.24) is 5.32 Å². The number of hydrogen-bond acceptors (Lipinski definition) is 4. The topological polar surface area (TPSA) is 47.6 Å². The van der Waals surface area contributed by atoms with Crippen LogP contribution in [0.25, 0.3) is 0 Å². The lowest BCUT2D eigenvalue weighted by Gasteiger charge is -2.32. The van der Waals surface area contributed by atoms with Crippen molar-refractivity contribution in [2.45, 2.75) is 31.2 Å². The van der Waals surface area contributed by atoms with Gasteiger partial charge < -0.3 is 14.8 Å². The van der Waals surface area contributed by atoms with Gasteiger partial charge in [0.1, 0.15) is 13.2 Å². The molecule has 1 aromatic carbocycles. The molecule has 0 aromatic heterocycles. The van der Waals surface area contributed by atoms with E-state index in [-0.39, 0.29) is 11.4 Å². The Labute approximate surface area is 129 Å². The van der Waals surface area contributed by atoms with Crippen LogP contribution in [0.15, 0.2) is 18.2 Å². The molecule has 3 rings (SSSR count). The Morgan fingerprint density at radius 3 is 2.67 bits per heavy atom. The summed E-state index contributed by atoms with van der Waals surface area (Å²) in [4.78, 5) is 12.1. The van der Waals surface area contributed by atoms with Crippen molar-refractivity contribution in [3.63, 3.8) is 0 Å². The number of benzene rings is 1. The van der Waals surface area contributed by atoms with E-state index in [1.807, 2.05) is 18.4 Å². The lowest BCUT2D eigenvalue weighted by atomic mass is 9.87. The van der Waals surface area contributed by atoms with E-state index in [1.54, 1.807) is 11.8 Å². The Morgan fingerprint density at radius 2 is 1.95 bits per heavy atom. The molecule has 21 heavy (non-hydrogen) atoms. The minimum Gasteiger partial charge on any atom is -0.486 e. The van der Waals surface area contributed by atoms with E-state index in [0.717, 1.165) is 42.7 Å². The van der Waals surface area contributed by atoms with Crippen LogP contribution in [-0.2, 0) is 10.3 Å². The average molecular weight is 307 g/mol. The van der Waals surface area contributed by atoms with Crippen LogP contribution in [0.2, 0.25) is 0 Å². The van der Waals surface area contributed by atoms with Gasteiger partial charge in [-0.05, 0) is 36.8 Å². The number of hydrogen-bond donors (Lipinski definition) is 1. The standard InChI is InChI=1S/C16H21NO3S/c1-21-11-15(18)17-16(6-2-3-7-16)12-4-5-13-14(10-12)20-9-8-19-13/h4-5,10H,2-3,6-9,11H2,1H3,(H,17,18). The number of carbonyl (C=O) groups excluding carboxylic acids is 1. The highest BCUT2D eigenvalue weighted by atomic mass is 32.2. The number of amides is 1. The molecule has 114 valence electrons. The summed E-state index contributed by atoms with van der Waals surface area (Å²) in [5.74, 6) is 2.21. The van der Waals surface area contributed by atoms with Crippen LogP contribution in [0.3, 0.4) is 0 Å². The number of thioether (sulfide) groups is 1. The molecule has 0 spiro atoms. The number of nitrogens with one attached hydrogen (secondary N) is 1. The molecule has 1 aromatic rings. The second-order valence-corrected chi connectivity index (χ2v) is 6.49. The van der Waals surface area contributed by atoms with Crippen LogP contribution in [0.1, 0.15) is 31.2 Å². The van der Waals surface area contributed by atoms with Crippen molar-refractivity contribution in [2.24, 2.45) is 0 Å².